The third-order valence-electron chi connectivity index (χ3n) is 3.14. The lowest BCUT2D eigenvalue weighted by atomic mass is 10.2. The van der Waals surface area contributed by atoms with Gasteiger partial charge in [-0.1, -0.05) is 0 Å². The summed E-state index contributed by atoms with van der Waals surface area (Å²) in [7, 11) is 1.66. The number of hydrogen-bond donors (Lipinski definition) is 2. The Kier molecular flexibility index (Phi) is 7.20. The zero-order valence-corrected chi connectivity index (χ0v) is 14.3. The summed E-state index contributed by atoms with van der Waals surface area (Å²) in [6.45, 7) is 4.04. The smallest absolute Gasteiger partial charge is 0.189 e. The summed E-state index contributed by atoms with van der Waals surface area (Å²) in [5.41, 5.74) is 5.82. The Hall–Kier alpha value is -0.900. The molecule has 0 aromatic carbocycles. The van der Waals surface area contributed by atoms with Gasteiger partial charge in [0.1, 0.15) is 12.4 Å². The summed E-state index contributed by atoms with van der Waals surface area (Å²) in [6.07, 6.45) is 3.38. The number of aryl methyl sites for hydroxylation is 1. The number of nitrogens with two attached hydrogens (primary N) is 1. The van der Waals surface area contributed by atoms with Crippen molar-refractivity contribution in [2.45, 2.75) is 45.3 Å². The molecule has 8 heteroatoms. The molecule has 0 radical (unpaired) electrons. The van der Waals surface area contributed by atoms with Gasteiger partial charge < -0.3 is 20.4 Å². The van der Waals surface area contributed by atoms with Gasteiger partial charge in [-0.05, 0) is 19.8 Å². The third-order valence-corrected chi connectivity index (χ3v) is 3.14. The van der Waals surface area contributed by atoms with Crippen LogP contribution >= 0.6 is 24.0 Å². The molecule has 0 fully saturated rings. The number of ether oxygens (including phenoxy) is 1. The number of halogens is 1. The summed E-state index contributed by atoms with van der Waals surface area (Å²) >= 11 is 0. The molecule has 2 heterocycles. The summed E-state index contributed by atoms with van der Waals surface area (Å²) in [5.74, 6) is 2.37. The number of methoxy groups -OCH3 is 1. The minimum Gasteiger partial charge on any atom is -0.383 e. The maximum Gasteiger partial charge on any atom is 0.189 e. The monoisotopic (exact) mass is 394 g/mol. The van der Waals surface area contributed by atoms with Gasteiger partial charge in [-0.15, -0.1) is 34.2 Å². The molecule has 0 saturated carbocycles. The van der Waals surface area contributed by atoms with Gasteiger partial charge in [0.2, 0.25) is 0 Å². The molecule has 1 aliphatic heterocycles. The van der Waals surface area contributed by atoms with Crippen molar-refractivity contribution >= 4 is 29.9 Å². The van der Waals surface area contributed by atoms with E-state index in [0.29, 0.717) is 19.1 Å². The summed E-state index contributed by atoms with van der Waals surface area (Å²) in [4.78, 5) is 4.30. The molecule has 2 rings (SSSR count). The highest BCUT2D eigenvalue weighted by Crippen LogP contribution is 2.14. The SMILES string of the molecule is COCC(C)NC(N)=NCc1nnc2n1CCCC2.I. The van der Waals surface area contributed by atoms with Gasteiger partial charge in [0.25, 0.3) is 0 Å². The minimum absolute atomic E-state index is 0. The van der Waals surface area contributed by atoms with Crippen molar-refractivity contribution < 1.29 is 4.74 Å². The van der Waals surface area contributed by atoms with E-state index in [-0.39, 0.29) is 30.0 Å². The molecule has 7 nitrogen and oxygen atoms in total. The number of nitrogens with zero attached hydrogens (tertiary/aromatic N) is 4. The zero-order chi connectivity index (χ0) is 13.7. The highest BCUT2D eigenvalue weighted by Gasteiger charge is 2.15. The van der Waals surface area contributed by atoms with Gasteiger partial charge in [-0.25, -0.2) is 4.99 Å². The fourth-order valence-electron chi connectivity index (χ4n) is 2.23. The maximum atomic E-state index is 5.82. The average molecular weight is 394 g/mol. The van der Waals surface area contributed by atoms with Crippen LogP contribution in [0.1, 0.15) is 31.4 Å². The minimum atomic E-state index is 0. The molecule has 1 aromatic rings. The number of hydrogen-bond acceptors (Lipinski definition) is 4. The van der Waals surface area contributed by atoms with E-state index in [9.17, 15) is 0 Å². The number of aromatic nitrogens is 3. The van der Waals surface area contributed by atoms with Crippen LogP contribution in [0, 0.1) is 0 Å². The molecule has 0 saturated heterocycles. The van der Waals surface area contributed by atoms with E-state index in [4.69, 9.17) is 10.5 Å². The van der Waals surface area contributed by atoms with Crippen molar-refractivity contribution in [3.63, 3.8) is 0 Å². The number of aliphatic imine (C=N–C) groups is 1. The first-order chi connectivity index (χ1) is 9.20. The largest absolute Gasteiger partial charge is 0.383 e. The molecule has 1 aromatic heterocycles. The van der Waals surface area contributed by atoms with Crippen LogP contribution in [0.25, 0.3) is 0 Å². The van der Waals surface area contributed by atoms with E-state index < -0.39 is 0 Å². The van der Waals surface area contributed by atoms with Crippen LogP contribution < -0.4 is 11.1 Å². The van der Waals surface area contributed by atoms with Crippen LogP contribution in [0.4, 0.5) is 0 Å². The fourth-order valence-corrected chi connectivity index (χ4v) is 2.23. The highest BCUT2D eigenvalue weighted by atomic mass is 127. The molecule has 0 amide bonds. The molecule has 3 N–H and O–H groups in total. The molecule has 1 atom stereocenters. The van der Waals surface area contributed by atoms with E-state index >= 15 is 0 Å². The molecule has 0 aliphatic carbocycles. The Labute approximate surface area is 136 Å². The van der Waals surface area contributed by atoms with Gasteiger partial charge in [0.05, 0.1) is 6.61 Å². The maximum absolute atomic E-state index is 5.82. The topological polar surface area (TPSA) is 90.3 Å². The summed E-state index contributed by atoms with van der Waals surface area (Å²) < 4.78 is 7.18. The number of nitrogens with one attached hydrogen (secondary N) is 1. The second-order valence-electron chi connectivity index (χ2n) is 4.84. The van der Waals surface area contributed by atoms with Gasteiger partial charge in [0.15, 0.2) is 11.8 Å². The zero-order valence-electron chi connectivity index (χ0n) is 12.0. The molecule has 114 valence electrons. The van der Waals surface area contributed by atoms with Crippen LogP contribution in [0.2, 0.25) is 0 Å². The first-order valence-electron chi connectivity index (χ1n) is 6.67. The molecule has 20 heavy (non-hydrogen) atoms. The van der Waals surface area contributed by atoms with Gasteiger partial charge in [0, 0.05) is 26.1 Å². The second-order valence-corrected chi connectivity index (χ2v) is 4.84. The number of guanidine groups is 1. The van der Waals surface area contributed by atoms with Crippen LogP contribution in [0.5, 0.6) is 0 Å². The van der Waals surface area contributed by atoms with Crippen molar-refractivity contribution in [2.24, 2.45) is 10.7 Å². The standard InChI is InChI=1S/C12H22N6O.HI/c1-9(8-19-2)15-12(13)14-7-11-17-16-10-5-3-4-6-18(10)11;/h9H,3-8H2,1-2H3,(H3,13,14,15);1H. The first-order valence-corrected chi connectivity index (χ1v) is 6.67. The van der Waals surface area contributed by atoms with E-state index in [1.54, 1.807) is 7.11 Å². The predicted octanol–water partition coefficient (Wildman–Crippen LogP) is 0.672. The van der Waals surface area contributed by atoms with E-state index in [1.807, 2.05) is 6.92 Å². The van der Waals surface area contributed by atoms with Crippen molar-refractivity contribution in [2.75, 3.05) is 13.7 Å². The van der Waals surface area contributed by atoms with Crippen LogP contribution in [0.3, 0.4) is 0 Å². The van der Waals surface area contributed by atoms with Crippen molar-refractivity contribution in [1.82, 2.24) is 20.1 Å². The highest BCUT2D eigenvalue weighted by molar-refractivity contribution is 14.0. The number of rotatable bonds is 5. The number of fused-ring (bicyclic) bond motifs is 1. The summed E-state index contributed by atoms with van der Waals surface area (Å²) in [5, 5.41) is 11.4. The molecule has 1 unspecified atom stereocenters. The van der Waals surface area contributed by atoms with Gasteiger partial charge in [-0.2, -0.15) is 0 Å². The molecule has 1 aliphatic rings. The van der Waals surface area contributed by atoms with E-state index in [2.05, 4.69) is 25.1 Å². The fraction of sp³-hybridized carbons (Fsp3) is 0.750. The van der Waals surface area contributed by atoms with Crippen LogP contribution in [-0.2, 0) is 24.2 Å². The van der Waals surface area contributed by atoms with E-state index in [0.717, 1.165) is 24.6 Å². The van der Waals surface area contributed by atoms with Crippen molar-refractivity contribution in [3.8, 4) is 0 Å². The summed E-state index contributed by atoms with van der Waals surface area (Å²) in [6, 6.07) is 0.140. The first kappa shape index (κ1) is 17.2. The lowest BCUT2D eigenvalue weighted by molar-refractivity contribution is 0.179. The van der Waals surface area contributed by atoms with Gasteiger partial charge in [-0.3, -0.25) is 0 Å². The Morgan fingerprint density at radius 1 is 1.50 bits per heavy atom. The quantitative estimate of drug-likeness (QED) is 0.435. The van der Waals surface area contributed by atoms with Crippen molar-refractivity contribution in [3.05, 3.63) is 11.6 Å². The Morgan fingerprint density at radius 3 is 3.05 bits per heavy atom. The Balaban J connectivity index is 0.00000200. The molecule has 0 spiro atoms. The third kappa shape index (κ3) is 4.58. The average Bonchev–Trinajstić information content (AvgIpc) is 2.80. The lowest BCUT2D eigenvalue weighted by Gasteiger charge is -2.15. The lowest BCUT2D eigenvalue weighted by Crippen LogP contribution is -2.40. The van der Waals surface area contributed by atoms with Crippen LogP contribution in [0.15, 0.2) is 4.99 Å². The molecular formula is C12H23IN6O. The normalized spacial score (nSPS) is 16.2. The Morgan fingerprint density at radius 2 is 2.30 bits per heavy atom. The Bertz CT molecular complexity index is 447. The van der Waals surface area contributed by atoms with Gasteiger partial charge >= 0.3 is 0 Å². The molecular weight excluding hydrogens is 371 g/mol. The second kappa shape index (κ2) is 8.40. The predicted molar refractivity (Wildman–Crippen MR) is 88.2 cm³/mol. The van der Waals surface area contributed by atoms with Crippen molar-refractivity contribution in [1.29, 1.82) is 0 Å². The van der Waals surface area contributed by atoms with E-state index in [1.165, 1.54) is 12.8 Å². The van der Waals surface area contributed by atoms with Crippen LogP contribution in [-0.4, -0.2) is 40.5 Å². The molecule has 0 bridgehead atoms.